The Morgan fingerprint density at radius 3 is 2.36 bits per heavy atom. The maximum absolute atomic E-state index is 3.36. The molecule has 1 nitrogen and oxygen atoms in total. The van der Waals surface area contributed by atoms with Gasteiger partial charge < -0.3 is 0 Å². The van der Waals surface area contributed by atoms with Crippen molar-refractivity contribution in [2.24, 2.45) is 5.41 Å². The fraction of sp³-hybridized carbons (Fsp3) is 0.846. The molecular formula is C13H23N. The maximum Gasteiger partial charge on any atom is 0.0601 e. The van der Waals surface area contributed by atoms with Crippen molar-refractivity contribution >= 4 is 0 Å². The van der Waals surface area contributed by atoms with E-state index >= 15 is 0 Å². The number of piperidine rings is 1. The number of nitrogens with zero attached hydrogens (tertiary/aromatic N) is 1. The largest absolute Gasteiger partial charge is 0.292 e. The van der Waals surface area contributed by atoms with Gasteiger partial charge in [-0.15, -0.1) is 0 Å². The van der Waals surface area contributed by atoms with Gasteiger partial charge in [-0.3, -0.25) is 4.90 Å². The molecule has 0 saturated carbocycles. The van der Waals surface area contributed by atoms with Crippen molar-refractivity contribution in [3.8, 4) is 11.8 Å². The van der Waals surface area contributed by atoms with Crippen LogP contribution in [0.2, 0.25) is 0 Å². The van der Waals surface area contributed by atoms with Crippen molar-refractivity contribution in [2.45, 2.75) is 46.5 Å². The van der Waals surface area contributed by atoms with Crippen LogP contribution in [-0.2, 0) is 0 Å². The summed E-state index contributed by atoms with van der Waals surface area (Å²) in [6.45, 7) is 10.1. The van der Waals surface area contributed by atoms with E-state index in [1.165, 1.54) is 32.4 Å². The van der Waals surface area contributed by atoms with Crippen LogP contribution in [0.1, 0.15) is 46.5 Å². The van der Waals surface area contributed by atoms with E-state index < -0.39 is 0 Å². The van der Waals surface area contributed by atoms with E-state index in [2.05, 4.69) is 37.5 Å². The van der Waals surface area contributed by atoms with Crippen molar-refractivity contribution in [2.75, 3.05) is 19.6 Å². The van der Waals surface area contributed by atoms with Gasteiger partial charge in [-0.2, -0.15) is 0 Å². The Hall–Kier alpha value is -0.480. The molecule has 14 heavy (non-hydrogen) atoms. The topological polar surface area (TPSA) is 3.24 Å². The molecule has 0 aromatic rings. The summed E-state index contributed by atoms with van der Waals surface area (Å²) in [5.74, 6) is 6.69. The average molecular weight is 193 g/mol. The highest BCUT2D eigenvalue weighted by Gasteiger charge is 2.11. The van der Waals surface area contributed by atoms with E-state index in [1.807, 2.05) is 0 Å². The minimum absolute atomic E-state index is 0.204. The first-order chi connectivity index (χ1) is 6.64. The summed E-state index contributed by atoms with van der Waals surface area (Å²) < 4.78 is 0. The SMILES string of the molecule is CCC(C)(C)C#CCN1CCCCC1. The van der Waals surface area contributed by atoms with Gasteiger partial charge in [-0.05, 0) is 46.2 Å². The molecule has 80 valence electrons. The molecule has 1 heteroatoms. The molecule has 0 radical (unpaired) electrons. The maximum atomic E-state index is 3.36. The first-order valence-corrected chi connectivity index (χ1v) is 5.86. The van der Waals surface area contributed by atoms with Crippen LogP contribution in [0.4, 0.5) is 0 Å². The van der Waals surface area contributed by atoms with E-state index in [-0.39, 0.29) is 5.41 Å². The number of likely N-dealkylation sites (tertiary alicyclic amines) is 1. The van der Waals surface area contributed by atoms with Crippen LogP contribution < -0.4 is 0 Å². The lowest BCUT2D eigenvalue weighted by molar-refractivity contribution is 0.255. The second kappa shape index (κ2) is 5.41. The zero-order chi connectivity index (χ0) is 10.4. The molecule has 0 bridgehead atoms. The fourth-order valence-electron chi connectivity index (χ4n) is 1.60. The molecule has 1 fully saturated rings. The summed E-state index contributed by atoms with van der Waals surface area (Å²) >= 11 is 0. The van der Waals surface area contributed by atoms with E-state index in [0.717, 1.165) is 13.0 Å². The number of rotatable bonds is 2. The van der Waals surface area contributed by atoms with Crippen LogP contribution in [0.25, 0.3) is 0 Å². The molecule has 0 aliphatic carbocycles. The van der Waals surface area contributed by atoms with E-state index in [4.69, 9.17) is 0 Å². The van der Waals surface area contributed by atoms with Gasteiger partial charge in [-0.1, -0.05) is 25.2 Å². The third-order valence-corrected chi connectivity index (χ3v) is 3.06. The van der Waals surface area contributed by atoms with Gasteiger partial charge in [0, 0.05) is 5.41 Å². The van der Waals surface area contributed by atoms with Crippen LogP contribution in [0, 0.1) is 17.3 Å². The molecule has 0 N–H and O–H groups in total. The summed E-state index contributed by atoms with van der Waals surface area (Å²) in [7, 11) is 0. The van der Waals surface area contributed by atoms with Crippen molar-refractivity contribution in [3.63, 3.8) is 0 Å². The Bertz CT molecular complexity index is 213. The predicted octanol–water partition coefficient (Wildman–Crippen LogP) is 2.91. The van der Waals surface area contributed by atoms with E-state index in [0.29, 0.717) is 0 Å². The molecule has 1 aliphatic heterocycles. The molecule has 0 aromatic heterocycles. The van der Waals surface area contributed by atoms with Gasteiger partial charge in [0.2, 0.25) is 0 Å². The zero-order valence-electron chi connectivity index (χ0n) is 9.90. The van der Waals surface area contributed by atoms with Crippen molar-refractivity contribution in [1.29, 1.82) is 0 Å². The fourth-order valence-corrected chi connectivity index (χ4v) is 1.60. The second-order valence-electron chi connectivity index (χ2n) is 4.88. The molecule has 0 amide bonds. The first kappa shape index (κ1) is 11.6. The molecular weight excluding hydrogens is 170 g/mol. The number of hydrogen-bond donors (Lipinski definition) is 0. The molecule has 0 unspecified atom stereocenters. The lowest BCUT2D eigenvalue weighted by atomic mass is 9.91. The summed E-state index contributed by atoms with van der Waals surface area (Å²) in [4.78, 5) is 2.47. The van der Waals surface area contributed by atoms with Crippen molar-refractivity contribution < 1.29 is 0 Å². The van der Waals surface area contributed by atoms with Crippen molar-refractivity contribution in [1.82, 2.24) is 4.90 Å². The molecule has 1 rings (SSSR count). The lowest BCUT2D eigenvalue weighted by Crippen LogP contribution is -2.30. The van der Waals surface area contributed by atoms with Crippen LogP contribution in [-0.4, -0.2) is 24.5 Å². The Kier molecular flexibility index (Phi) is 4.48. The first-order valence-electron chi connectivity index (χ1n) is 5.86. The summed E-state index contributed by atoms with van der Waals surface area (Å²) in [6.07, 6.45) is 5.27. The molecule has 1 saturated heterocycles. The lowest BCUT2D eigenvalue weighted by Gasteiger charge is -2.24. The van der Waals surface area contributed by atoms with E-state index in [9.17, 15) is 0 Å². The molecule has 1 heterocycles. The normalized spacial score (nSPS) is 18.8. The third-order valence-electron chi connectivity index (χ3n) is 3.06. The van der Waals surface area contributed by atoms with Gasteiger partial charge in [0.1, 0.15) is 0 Å². The average Bonchev–Trinajstić information content (AvgIpc) is 2.19. The van der Waals surface area contributed by atoms with Gasteiger partial charge in [0.05, 0.1) is 6.54 Å². The third kappa shape index (κ3) is 4.15. The quantitative estimate of drug-likeness (QED) is 0.610. The Balaban J connectivity index is 2.30. The summed E-state index contributed by atoms with van der Waals surface area (Å²) in [6, 6.07) is 0. The van der Waals surface area contributed by atoms with Crippen molar-refractivity contribution in [3.05, 3.63) is 0 Å². The number of hydrogen-bond acceptors (Lipinski definition) is 1. The molecule has 0 atom stereocenters. The minimum Gasteiger partial charge on any atom is -0.292 e. The molecule has 1 aliphatic rings. The highest BCUT2D eigenvalue weighted by Crippen LogP contribution is 2.17. The summed E-state index contributed by atoms with van der Waals surface area (Å²) in [5.41, 5.74) is 0.204. The predicted molar refractivity (Wildman–Crippen MR) is 62.1 cm³/mol. The van der Waals surface area contributed by atoms with Gasteiger partial charge >= 0.3 is 0 Å². The van der Waals surface area contributed by atoms with E-state index in [1.54, 1.807) is 0 Å². The Morgan fingerprint density at radius 2 is 1.79 bits per heavy atom. The standard InChI is InChI=1S/C13H23N/c1-4-13(2,3)9-8-12-14-10-6-5-7-11-14/h4-7,10-12H2,1-3H3. The highest BCUT2D eigenvalue weighted by molar-refractivity contribution is 5.09. The smallest absolute Gasteiger partial charge is 0.0601 e. The summed E-state index contributed by atoms with van der Waals surface area (Å²) in [5, 5.41) is 0. The minimum atomic E-state index is 0.204. The Morgan fingerprint density at radius 1 is 1.14 bits per heavy atom. The van der Waals surface area contributed by atoms with Crippen LogP contribution in [0.3, 0.4) is 0 Å². The van der Waals surface area contributed by atoms with Crippen LogP contribution in [0.5, 0.6) is 0 Å². The monoisotopic (exact) mass is 193 g/mol. The second-order valence-corrected chi connectivity index (χ2v) is 4.88. The van der Waals surface area contributed by atoms with Gasteiger partial charge in [0.25, 0.3) is 0 Å². The Labute approximate surface area is 88.9 Å². The van der Waals surface area contributed by atoms with Gasteiger partial charge in [0.15, 0.2) is 0 Å². The van der Waals surface area contributed by atoms with Gasteiger partial charge in [-0.25, -0.2) is 0 Å². The van der Waals surface area contributed by atoms with Crippen LogP contribution in [0.15, 0.2) is 0 Å². The molecule has 0 spiro atoms. The zero-order valence-corrected chi connectivity index (χ0v) is 9.90. The molecule has 0 aromatic carbocycles. The van der Waals surface area contributed by atoms with Crippen LogP contribution >= 0.6 is 0 Å². The highest BCUT2D eigenvalue weighted by atomic mass is 15.1.